The van der Waals surface area contributed by atoms with Crippen LogP contribution in [0.15, 0.2) is 15.7 Å². The lowest BCUT2D eigenvalue weighted by Crippen LogP contribution is -2.42. The normalized spacial score (nSPS) is 28.6. The van der Waals surface area contributed by atoms with Gasteiger partial charge in [-0.05, 0) is 0 Å². The molecule has 0 unspecified atom stereocenters. The molecule has 5 N–H and O–H groups in total. The van der Waals surface area contributed by atoms with E-state index >= 15 is 0 Å². The van der Waals surface area contributed by atoms with E-state index in [1.165, 1.54) is 7.05 Å². The molecular formula is C11H15N3O7. The maximum atomic E-state index is 11.9. The molecule has 1 amide bonds. The van der Waals surface area contributed by atoms with Gasteiger partial charge in [-0.1, -0.05) is 0 Å². The summed E-state index contributed by atoms with van der Waals surface area (Å²) in [5.74, 6) is -0.740. The highest BCUT2D eigenvalue weighted by atomic mass is 16.6. The molecule has 4 atom stereocenters. The molecule has 1 aromatic heterocycles. The highest BCUT2D eigenvalue weighted by Gasteiger charge is 2.44. The van der Waals surface area contributed by atoms with Crippen molar-refractivity contribution in [3.63, 3.8) is 0 Å². The van der Waals surface area contributed by atoms with Crippen molar-refractivity contribution in [2.75, 3.05) is 13.7 Å². The van der Waals surface area contributed by atoms with E-state index < -0.39 is 48.3 Å². The third-order valence-corrected chi connectivity index (χ3v) is 3.21. The third-order valence-electron chi connectivity index (χ3n) is 3.21. The zero-order valence-electron chi connectivity index (χ0n) is 11.0. The first-order valence-corrected chi connectivity index (χ1v) is 6.11. The molecule has 10 nitrogen and oxygen atoms in total. The Morgan fingerprint density at radius 2 is 2.10 bits per heavy atom. The summed E-state index contributed by atoms with van der Waals surface area (Å²) in [6.07, 6.45) is -5.50. The number of aromatic nitrogens is 2. The molecular weight excluding hydrogens is 286 g/mol. The molecule has 0 aromatic carbocycles. The van der Waals surface area contributed by atoms with Crippen LogP contribution in [-0.2, 0) is 4.74 Å². The minimum absolute atomic E-state index is 0.332. The highest BCUT2D eigenvalue weighted by molar-refractivity contribution is 5.92. The highest BCUT2D eigenvalue weighted by Crippen LogP contribution is 2.28. The minimum atomic E-state index is -1.55. The number of aromatic amines is 1. The van der Waals surface area contributed by atoms with Gasteiger partial charge in [0.1, 0.15) is 24.0 Å². The van der Waals surface area contributed by atoms with Gasteiger partial charge in [0.05, 0.1) is 6.61 Å². The summed E-state index contributed by atoms with van der Waals surface area (Å²) in [4.78, 5) is 36.9. The Morgan fingerprint density at radius 3 is 2.62 bits per heavy atom. The lowest BCUT2D eigenvalue weighted by molar-refractivity contribution is -0.0558. The van der Waals surface area contributed by atoms with Crippen molar-refractivity contribution in [2.45, 2.75) is 24.5 Å². The summed E-state index contributed by atoms with van der Waals surface area (Å²) in [5.41, 5.74) is -2.10. The quantitative estimate of drug-likeness (QED) is 0.388. The molecule has 0 spiro atoms. The van der Waals surface area contributed by atoms with Crippen LogP contribution in [0.3, 0.4) is 0 Å². The first-order valence-electron chi connectivity index (χ1n) is 6.11. The van der Waals surface area contributed by atoms with Crippen LogP contribution in [0.5, 0.6) is 0 Å². The van der Waals surface area contributed by atoms with E-state index in [0.717, 1.165) is 10.6 Å². The van der Waals surface area contributed by atoms with E-state index in [2.05, 4.69) is 5.32 Å². The number of nitrogens with one attached hydrogen (secondary N) is 2. The summed E-state index contributed by atoms with van der Waals surface area (Å²) >= 11 is 0. The minimum Gasteiger partial charge on any atom is -0.394 e. The number of hydrogen-bond donors (Lipinski definition) is 5. The van der Waals surface area contributed by atoms with Crippen molar-refractivity contribution in [3.05, 3.63) is 32.6 Å². The average Bonchev–Trinajstić information content (AvgIpc) is 2.73. The van der Waals surface area contributed by atoms with E-state index in [1.54, 1.807) is 0 Å². The first-order chi connectivity index (χ1) is 9.90. The molecule has 0 aliphatic carbocycles. The van der Waals surface area contributed by atoms with Crippen LogP contribution < -0.4 is 16.6 Å². The fraction of sp³-hybridized carbons (Fsp3) is 0.545. The Bertz CT molecular complexity index is 652. The number of rotatable bonds is 3. The van der Waals surface area contributed by atoms with Gasteiger partial charge < -0.3 is 25.4 Å². The number of carbonyl (C=O) groups excluding carboxylic acids is 1. The SMILES string of the molecule is CNC(=O)c1cc(=O)[nH]c(=O)n1[C@@H]1O[C@H](CO)[C@@H](O)[C@H]1O. The summed E-state index contributed by atoms with van der Waals surface area (Å²) in [5, 5.41) is 30.9. The monoisotopic (exact) mass is 301 g/mol. The van der Waals surface area contributed by atoms with Crippen LogP contribution in [0.2, 0.25) is 0 Å². The van der Waals surface area contributed by atoms with Crippen LogP contribution in [0.4, 0.5) is 0 Å². The van der Waals surface area contributed by atoms with Crippen molar-refractivity contribution in [2.24, 2.45) is 0 Å². The topological polar surface area (TPSA) is 154 Å². The Morgan fingerprint density at radius 1 is 1.43 bits per heavy atom. The van der Waals surface area contributed by atoms with E-state index in [-0.39, 0.29) is 5.69 Å². The maximum Gasteiger partial charge on any atom is 0.331 e. The average molecular weight is 301 g/mol. The van der Waals surface area contributed by atoms with Crippen molar-refractivity contribution >= 4 is 5.91 Å². The van der Waals surface area contributed by atoms with Gasteiger partial charge in [-0.15, -0.1) is 0 Å². The second kappa shape index (κ2) is 5.77. The van der Waals surface area contributed by atoms with Gasteiger partial charge in [0, 0.05) is 13.1 Å². The molecule has 1 fully saturated rings. The van der Waals surface area contributed by atoms with Crippen molar-refractivity contribution < 1.29 is 24.9 Å². The van der Waals surface area contributed by atoms with Gasteiger partial charge in [-0.25, -0.2) is 4.79 Å². The zero-order valence-corrected chi connectivity index (χ0v) is 11.0. The van der Waals surface area contributed by atoms with E-state index in [9.17, 15) is 24.6 Å². The Hall–Kier alpha value is -2.01. The largest absolute Gasteiger partial charge is 0.394 e. The fourth-order valence-electron chi connectivity index (χ4n) is 2.15. The second-order valence-corrected chi connectivity index (χ2v) is 4.50. The molecule has 0 radical (unpaired) electrons. The summed E-state index contributed by atoms with van der Waals surface area (Å²) in [6.45, 7) is -0.581. The number of H-pyrrole nitrogens is 1. The molecule has 21 heavy (non-hydrogen) atoms. The van der Waals surface area contributed by atoms with Crippen LogP contribution in [0, 0.1) is 0 Å². The summed E-state index contributed by atoms with van der Waals surface area (Å²) < 4.78 is 5.91. The molecule has 1 saturated heterocycles. The maximum absolute atomic E-state index is 11.9. The van der Waals surface area contributed by atoms with Crippen LogP contribution in [-0.4, -0.2) is 62.7 Å². The predicted octanol–water partition coefficient (Wildman–Crippen LogP) is -3.49. The lowest BCUT2D eigenvalue weighted by Gasteiger charge is -2.20. The summed E-state index contributed by atoms with van der Waals surface area (Å²) in [6, 6.07) is 0.870. The molecule has 1 aliphatic heterocycles. The van der Waals surface area contributed by atoms with E-state index in [4.69, 9.17) is 9.84 Å². The smallest absolute Gasteiger partial charge is 0.331 e. The standard InChI is InChI=1S/C11H15N3O7/c1-12-9(19)4-2-6(16)13-11(20)14(4)10-8(18)7(17)5(3-15)21-10/h2,5,7-8,10,15,17-18H,3H2,1H3,(H,12,19)(H,13,16,20)/t5-,7-,8-,10-/m1/s1. The molecule has 0 saturated carbocycles. The number of carbonyl (C=O) groups is 1. The van der Waals surface area contributed by atoms with Gasteiger partial charge in [-0.2, -0.15) is 0 Å². The number of aliphatic hydroxyl groups excluding tert-OH is 3. The third kappa shape index (κ3) is 2.61. The van der Waals surface area contributed by atoms with Gasteiger partial charge in [0.25, 0.3) is 11.5 Å². The number of ether oxygens (including phenoxy) is 1. The molecule has 1 aliphatic rings. The second-order valence-electron chi connectivity index (χ2n) is 4.50. The fourth-order valence-corrected chi connectivity index (χ4v) is 2.15. The Labute approximate surface area is 117 Å². The van der Waals surface area contributed by atoms with Gasteiger partial charge >= 0.3 is 5.69 Å². The zero-order chi connectivity index (χ0) is 15.7. The first kappa shape index (κ1) is 15.4. The molecule has 10 heteroatoms. The van der Waals surface area contributed by atoms with Crippen molar-refractivity contribution in [1.82, 2.24) is 14.9 Å². The predicted molar refractivity (Wildman–Crippen MR) is 67.7 cm³/mol. The lowest BCUT2D eigenvalue weighted by atomic mass is 10.1. The number of nitrogens with zero attached hydrogens (tertiary/aromatic N) is 1. The van der Waals surface area contributed by atoms with Crippen LogP contribution >= 0.6 is 0 Å². The van der Waals surface area contributed by atoms with Crippen molar-refractivity contribution in [1.29, 1.82) is 0 Å². The van der Waals surface area contributed by atoms with Crippen LogP contribution in [0.1, 0.15) is 16.7 Å². The molecule has 1 aromatic rings. The molecule has 2 heterocycles. The summed E-state index contributed by atoms with van der Waals surface area (Å²) in [7, 11) is 1.30. The van der Waals surface area contributed by atoms with Crippen LogP contribution in [0.25, 0.3) is 0 Å². The van der Waals surface area contributed by atoms with E-state index in [0.29, 0.717) is 0 Å². The van der Waals surface area contributed by atoms with Gasteiger partial charge in [-0.3, -0.25) is 19.1 Å². The van der Waals surface area contributed by atoms with E-state index in [1.807, 2.05) is 4.98 Å². The van der Waals surface area contributed by atoms with Gasteiger partial charge in [0.15, 0.2) is 6.23 Å². The van der Waals surface area contributed by atoms with Crippen molar-refractivity contribution in [3.8, 4) is 0 Å². The van der Waals surface area contributed by atoms with Gasteiger partial charge in [0.2, 0.25) is 0 Å². The number of hydrogen-bond acceptors (Lipinski definition) is 7. The molecule has 2 rings (SSSR count). The Balaban J connectivity index is 2.56. The number of amides is 1. The molecule has 116 valence electrons. The number of aliphatic hydroxyl groups is 3. The Kier molecular flexibility index (Phi) is 4.23. The molecule has 0 bridgehead atoms.